The third-order valence-corrected chi connectivity index (χ3v) is 4.06. The van der Waals surface area contributed by atoms with Crippen LogP contribution in [0.15, 0.2) is 11.4 Å². The maximum absolute atomic E-state index is 11.9. The van der Waals surface area contributed by atoms with Crippen LogP contribution in [-0.2, 0) is 11.3 Å². The van der Waals surface area contributed by atoms with Crippen LogP contribution in [0.2, 0.25) is 0 Å². The summed E-state index contributed by atoms with van der Waals surface area (Å²) in [4.78, 5) is 13.2. The molecule has 0 aliphatic rings. The van der Waals surface area contributed by atoms with Crippen molar-refractivity contribution >= 4 is 17.2 Å². The molecule has 102 valence electrons. The molecular weight excluding hydrogens is 244 g/mol. The highest BCUT2D eigenvalue weighted by molar-refractivity contribution is 7.10. The average Bonchev–Trinajstić information content (AvgIpc) is 2.72. The van der Waals surface area contributed by atoms with Crippen molar-refractivity contribution in [2.24, 2.45) is 0 Å². The van der Waals surface area contributed by atoms with Crippen molar-refractivity contribution < 1.29 is 4.79 Å². The smallest absolute Gasteiger partial charge is 0.237 e. The number of amides is 1. The van der Waals surface area contributed by atoms with Crippen molar-refractivity contribution in [2.45, 2.75) is 59.2 Å². The molecule has 2 N–H and O–H groups in total. The average molecular weight is 268 g/mol. The van der Waals surface area contributed by atoms with Gasteiger partial charge in [0, 0.05) is 17.5 Å². The van der Waals surface area contributed by atoms with Crippen LogP contribution in [0, 0.1) is 6.92 Å². The molecule has 1 aromatic rings. The van der Waals surface area contributed by atoms with E-state index in [4.69, 9.17) is 0 Å². The minimum Gasteiger partial charge on any atom is -0.352 e. The molecule has 0 bridgehead atoms. The van der Waals surface area contributed by atoms with Gasteiger partial charge in [0.05, 0.1) is 6.04 Å². The van der Waals surface area contributed by atoms with Gasteiger partial charge in [-0.15, -0.1) is 11.3 Å². The normalized spacial score (nSPS) is 14.2. The highest BCUT2D eigenvalue weighted by Crippen LogP contribution is 2.14. The summed E-state index contributed by atoms with van der Waals surface area (Å²) in [7, 11) is 0. The first-order valence-corrected chi connectivity index (χ1v) is 7.49. The first-order chi connectivity index (χ1) is 8.54. The molecule has 2 unspecified atom stereocenters. The van der Waals surface area contributed by atoms with Crippen LogP contribution in [-0.4, -0.2) is 18.0 Å². The molecule has 0 fully saturated rings. The second kappa shape index (κ2) is 7.54. The molecule has 0 spiro atoms. The van der Waals surface area contributed by atoms with Gasteiger partial charge in [0.2, 0.25) is 5.91 Å². The van der Waals surface area contributed by atoms with Crippen molar-refractivity contribution in [1.82, 2.24) is 10.6 Å². The SMILES string of the molecule is CCCC(C)NC(=O)C(C)NCc1sccc1C. The summed E-state index contributed by atoms with van der Waals surface area (Å²) in [6.07, 6.45) is 2.13. The fraction of sp³-hybridized carbons (Fsp3) is 0.643. The fourth-order valence-corrected chi connectivity index (χ4v) is 2.65. The lowest BCUT2D eigenvalue weighted by molar-refractivity contribution is -0.123. The summed E-state index contributed by atoms with van der Waals surface area (Å²) in [6.45, 7) is 8.96. The van der Waals surface area contributed by atoms with E-state index in [1.807, 2.05) is 6.92 Å². The number of nitrogens with one attached hydrogen (secondary N) is 2. The molecule has 3 nitrogen and oxygen atoms in total. The minimum absolute atomic E-state index is 0.0881. The van der Waals surface area contributed by atoms with E-state index in [1.165, 1.54) is 10.4 Å². The molecule has 1 heterocycles. The maximum Gasteiger partial charge on any atom is 0.237 e. The van der Waals surface area contributed by atoms with Crippen molar-refractivity contribution in [1.29, 1.82) is 0 Å². The quantitative estimate of drug-likeness (QED) is 0.798. The Kier molecular flexibility index (Phi) is 6.36. The molecule has 0 aromatic carbocycles. The van der Waals surface area contributed by atoms with Gasteiger partial charge in [-0.1, -0.05) is 13.3 Å². The topological polar surface area (TPSA) is 41.1 Å². The first kappa shape index (κ1) is 15.2. The molecule has 2 atom stereocenters. The summed E-state index contributed by atoms with van der Waals surface area (Å²) in [5, 5.41) is 8.38. The van der Waals surface area contributed by atoms with Crippen LogP contribution in [0.5, 0.6) is 0 Å². The first-order valence-electron chi connectivity index (χ1n) is 6.61. The van der Waals surface area contributed by atoms with Crippen molar-refractivity contribution in [3.8, 4) is 0 Å². The predicted molar refractivity (Wildman–Crippen MR) is 77.9 cm³/mol. The third kappa shape index (κ3) is 4.78. The molecule has 18 heavy (non-hydrogen) atoms. The highest BCUT2D eigenvalue weighted by atomic mass is 32.1. The maximum atomic E-state index is 11.9. The van der Waals surface area contributed by atoms with Crippen LogP contribution in [0.1, 0.15) is 44.1 Å². The van der Waals surface area contributed by atoms with Crippen molar-refractivity contribution in [3.63, 3.8) is 0 Å². The highest BCUT2D eigenvalue weighted by Gasteiger charge is 2.14. The minimum atomic E-state index is -0.147. The lowest BCUT2D eigenvalue weighted by Gasteiger charge is -2.18. The van der Waals surface area contributed by atoms with Crippen LogP contribution in [0.4, 0.5) is 0 Å². The number of carbonyl (C=O) groups is 1. The second-order valence-corrected chi connectivity index (χ2v) is 5.83. The van der Waals surface area contributed by atoms with Gasteiger partial charge in [0.15, 0.2) is 0 Å². The molecule has 0 saturated heterocycles. The molecule has 1 aromatic heterocycles. The Balaban J connectivity index is 2.34. The molecule has 0 saturated carbocycles. The Morgan fingerprint density at radius 1 is 1.44 bits per heavy atom. The summed E-state index contributed by atoms with van der Waals surface area (Å²) >= 11 is 1.73. The third-order valence-electron chi connectivity index (χ3n) is 3.04. The fourth-order valence-electron chi connectivity index (χ4n) is 1.80. The predicted octanol–water partition coefficient (Wildman–Crippen LogP) is 2.84. The van der Waals surface area contributed by atoms with Gasteiger partial charge < -0.3 is 10.6 Å². The second-order valence-electron chi connectivity index (χ2n) is 4.83. The molecule has 0 aliphatic heterocycles. The molecular formula is C14H24N2OS. The number of hydrogen-bond donors (Lipinski definition) is 2. The monoisotopic (exact) mass is 268 g/mol. The van der Waals surface area contributed by atoms with Crippen LogP contribution in [0.3, 0.4) is 0 Å². The Morgan fingerprint density at radius 3 is 2.72 bits per heavy atom. The van der Waals surface area contributed by atoms with E-state index in [-0.39, 0.29) is 18.0 Å². The lowest BCUT2D eigenvalue weighted by Crippen LogP contribution is -2.45. The number of thiophene rings is 1. The van der Waals surface area contributed by atoms with Crippen molar-refractivity contribution in [3.05, 3.63) is 21.9 Å². The lowest BCUT2D eigenvalue weighted by atomic mass is 10.2. The van der Waals surface area contributed by atoms with Gasteiger partial charge in [-0.2, -0.15) is 0 Å². The molecule has 4 heteroatoms. The number of aryl methyl sites for hydroxylation is 1. The van der Waals surface area contributed by atoms with Crippen LogP contribution in [0.25, 0.3) is 0 Å². The van der Waals surface area contributed by atoms with Crippen molar-refractivity contribution in [2.75, 3.05) is 0 Å². The standard InChI is InChI=1S/C14H24N2OS/c1-5-6-11(3)16-14(17)12(4)15-9-13-10(2)7-8-18-13/h7-8,11-12,15H,5-6,9H2,1-4H3,(H,16,17). The Morgan fingerprint density at radius 2 is 2.17 bits per heavy atom. The molecule has 1 amide bonds. The van der Waals surface area contributed by atoms with Gasteiger partial charge in [0.25, 0.3) is 0 Å². The number of hydrogen-bond acceptors (Lipinski definition) is 3. The molecule has 1 rings (SSSR count). The van der Waals surface area contributed by atoms with E-state index >= 15 is 0 Å². The summed E-state index contributed by atoms with van der Waals surface area (Å²) in [5.41, 5.74) is 1.29. The van der Waals surface area contributed by atoms with Gasteiger partial charge >= 0.3 is 0 Å². The zero-order chi connectivity index (χ0) is 13.5. The summed E-state index contributed by atoms with van der Waals surface area (Å²) < 4.78 is 0. The largest absolute Gasteiger partial charge is 0.352 e. The van der Waals surface area contributed by atoms with Gasteiger partial charge in [-0.25, -0.2) is 0 Å². The summed E-state index contributed by atoms with van der Waals surface area (Å²) in [5.74, 6) is 0.0881. The Bertz CT molecular complexity index is 376. The zero-order valence-corrected chi connectivity index (χ0v) is 12.6. The van der Waals surface area contributed by atoms with Gasteiger partial charge in [0.1, 0.15) is 0 Å². The van der Waals surface area contributed by atoms with E-state index in [1.54, 1.807) is 11.3 Å². The molecule has 0 radical (unpaired) electrons. The Labute approximate surface area is 114 Å². The Hall–Kier alpha value is -0.870. The number of rotatable bonds is 7. The van der Waals surface area contributed by atoms with E-state index in [0.29, 0.717) is 0 Å². The van der Waals surface area contributed by atoms with Crippen LogP contribution < -0.4 is 10.6 Å². The van der Waals surface area contributed by atoms with E-state index in [9.17, 15) is 4.79 Å². The summed E-state index contributed by atoms with van der Waals surface area (Å²) in [6, 6.07) is 2.22. The van der Waals surface area contributed by atoms with E-state index < -0.39 is 0 Å². The van der Waals surface area contributed by atoms with E-state index in [2.05, 4.69) is 42.9 Å². The number of carbonyl (C=O) groups excluding carboxylic acids is 1. The van der Waals surface area contributed by atoms with E-state index in [0.717, 1.165) is 19.4 Å². The zero-order valence-electron chi connectivity index (χ0n) is 11.7. The van der Waals surface area contributed by atoms with Gasteiger partial charge in [-0.3, -0.25) is 4.79 Å². The van der Waals surface area contributed by atoms with Gasteiger partial charge in [-0.05, 0) is 44.2 Å². The molecule has 0 aliphatic carbocycles. The van der Waals surface area contributed by atoms with Crippen LogP contribution >= 0.6 is 11.3 Å².